The Hall–Kier alpha value is -0.390. The normalized spacial score (nSPS) is 24.7. The molecule has 19 heavy (non-hydrogen) atoms. The molecule has 106 valence electrons. The van der Waals surface area contributed by atoms with Crippen molar-refractivity contribution < 1.29 is 4.39 Å². The molecule has 0 saturated carbocycles. The molecular formula is C13H18Cl2FN3. The Morgan fingerprint density at radius 3 is 2.79 bits per heavy atom. The molecule has 3 atom stereocenters. The van der Waals surface area contributed by atoms with Gasteiger partial charge in [0.2, 0.25) is 0 Å². The van der Waals surface area contributed by atoms with Crippen LogP contribution in [0.25, 0.3) is 0 Å². The van der Waals surface area contributed by atoms with Crippen molar-refractivity contribution in [2.75, 3.05) is 13.1 Å². The molecule has 1 heterocycles. The van der Waals surface area contributed by atoms with Gasteiger partial charge in [0.15, 0.2) is 0 Å². The topological polar surface area (TPSA) is 36.1 Å². The van der Waals surface area contributed by atoms with E-state index in [0.717, 1.165) is 18.7 Å². The van der Waals surface area contributed by atoms with Crippen LogP contribution in [0.4, 0.5) is 4.39 Å². The number of rotatable bonds is 4. The maximum absolute atomic E-state index is 13.5. The minimum Gasteiger partial charge on any atom is -0.310 e. The minimum atomic E-state index is -0.438. The molecule has 3 nitrogen and oxygen atoms in total. The van der Waals surface area contributed by atoms with Crippen LogP contribution in [0.2, 0.25) is 10.0 Å². The molecule has 0 amide bonds. The van der Waals surface area contributed by atoms with Gasteiger partial charge in [-0.25, -0.2) is 4.39 Å². The molecular weight excluding hydrogens is 288 g/mol. The van der Waals surface area contributed by atoms with Gasteiger partial charge in [-0.2, -0.15) is 0 Å². The number of benzene rings is 1. The van der Waals surface area contributed by atoms with Gasteiger partial charge in [0.25, 0.3) is 0 Å². The highest BCUT2D eigenvalue weighted by atomic mass is 35.5. The summed E-state index contributed by atoms with van der Waals surface area (Å²) in [4.78, 5) is 0. The van der Waals surface area contributed by atoms with Crippen LogP contribution in [0.3, 0.4) is 0 Å². The predicted molar refractivity (Wildman–Crippen MR) is 76.9 cm³/mol. The van der Waals surface area contributed by atoms with E-state index in [1.54, 1.807) is 0 Å². The van der Waals surface area contributed by atoms with Crippen LogP contribution in [0.5, 0.6) is 0 Å². The number of halogens is 3. The van der Waals surface area contributed by atoms with E-state index >= 15 is 0 Å². The van der Waals surface area contributed by atoms with Crippen LogP contribution < -0.4 is 16.2 Å². The summed E-state index contributed by atoms with van der Waals surface area (Å²) < 4.78 is 13.5. The molecule has 1 saturated heterocycles. The van der Waals surface area contributed by atoms with E-state index in [1.807, 2.05) is 6.92 Å². The third-order valence-electron chi connectivity index (χ3n) is 3.59. The third-order valence-corrected chi connectivity index (χ3v) is 4.21. The summed E-state index contributed by atoms with van der Waals surface area (Å²) in [6.45, 7) is 5.85. The van der Waals surface area contributed by atoms with E-state index in [9.17, 15) is 4.39 Å². The Labute approximate surface area is 122 Å². The Balaban J connectivity index is 1.99. The maximum Gasteiger partial charge on any atom is 0.142 e. The Morgan fingerprint density at radius 2 is 2.16 bits per heavy atom. The quantitative estimate of drug-likeness (QED) is 0.749. The van der Waals surface area contributed by atoms with Crippen molar-refractivity contribution in [1.29, 1.82) is 0 Å². The molecule has 0 aromatic heterocycles. The Morgan fingerprint density at radius 1 is 1.42 bits per heavy atom. The molecule has 1 aliphatic rings. The molecule has 1 aromatic rings. The predicted octanol–water partition coefficient (Wildman–Crippen LogP) is 2.90. The van der Waals surface area contributed by atoms with E-state index < -0.39 is 5.82 Å². The second kappa shape index (κ2) is 6.37. The fourth-order valence-electron chi connectivity index (χ4n) is 2.20. The summed E-state index contributed by atoms with van der Waals surface area (Å²) in [6.07, 6.45) is 0. The van der Waals surface area contributed by atoms with Crippen LogP contribution in [-0.2, 0) is 0 Å². The highest BCUT2D eigenvalue weighted by molar-refractivity contribution is 6.35. The molecule has 1 fully saturated rings. The lowest BCUT2D eigenvalue weighted by molar-refractivity contribution is 0.428. The Kier molecular flexibility index (Phi) is 5.03. The van der Waals surface area contributed by atoms with Crippen LogP contribution >= 0.6 is 23.2 Å². The first kappa shape index (κ1) is 15.0. The van der Waals surface area contributed by atoms with Gasteiger partial charge in [-0.1, -0.05) is 23.2 Å². The molecule has 0 bridgehead atoms. The molecule has 0 spiro atoms. The van der Waals surface area contributed by atoms with E-state index in [2.05, 4.69) is 23.1 Å². The molecule has 0 aliphatic carbocycles. The average molecular weight is 306 g/mol. The summed E-state index contributed by atoms with van der Waals surface area (Å²) in [5.74, 6) is 0.0608. The molecule has 0 radical (unpaired) electrons. The zero-order chi connectivity index (χ0) is 14.0. The first-order valence-electron chi connectivity index (χ1n) is 6.35. The lowest BCUT2D eigenvalue weighted by Gasteiger charge is -2.20. The molecule has 1 aliphatic heterocycles. The van der Waals surface area contributed by atoms with E-state index in [4.69, 9.17) is 23.2 Å². The monoisotopic (exact) mass is 305 g/mol. The van der Waals surface area contributed by atoms with Crippen molar-refractivity contribution in [1.82, 2.24) is 16.2 Å². The standard InChI is InChI=1S/C13H18Cl2FN3/c1-7-9(6-18-19-7)5-17-8(2)10-3-13(16)12(15)4-11(10)14/h3-4,7-9,17-19H,5-6H2,1-2H3. The summed E-state index contributed by atoms with van der Waals surface area (Å²) in [7, 11) is 0. The third kappa shape index (κ3) is 3.58. The van der Waals surface area contributed by atoms with Gasteiger partial charge in [0.1, 0.15) is 5.82 Å². The summed E-state index contributed by atoms with van der Waals surface area (Å²) in [5.41, 5.74) is 7.02. The maximum atomic E-state index is 13.5. The van der Waals surface area contributed by atoms with Crippen molar-refractivity contribution >= 4 is 23.2 Å². The lowest BCUT2D eigenvalue weighted by Crippen LogP contribution is -2.33. The zero-order valence-corrected chi connectivity index (χ0v) is 12.4. The first-order chi connectivity index (χ1) is 8.99. The second-order valence-corrected chi connectivity index (χ2v) is 5.81. The average Bonchev–Trinajstić information content (AvgIpc) is 2.76. The molecule has 2 rings (SSSR count). The van der Waals surface area contributed by atoms with Crippen molar-refractivity contribution in [3.05, 3.63) is 33.6 Å². The highest BCUT2D eigenvalue weighted by Gasteiger charge is 2.23. The van der Waals surface area contributed by atoms with E-state index in [0.29, 0.717) is 17.0 Å². The van der Waals surface area contributed by atoms with Crippen LogP contribution in [0.15, 0.2) is 12.1 Å². The summed E-state index contributed by atoms with van der Waals surface area (Å²) in [5, 5.41) is 3.93. The summed E-state index contributed by atoms with van der Waals surface area (Å²) >= 11 is 11.8. The number of hydrogen-bond donors (Lipinski definition) is 3. The molecule has 1 aromatic carbocycles. The largest absolute Gasteiger partial charge is 0.310 e. The van der Waals surface area contributed by atoms with Gasteiger partial charge in [0, 0.05) is 36.1 Å². The Bertz CT molecular complexity index is 456. The fourth-order valence-corrected chi connectivity index (χ4v) is 2.75. The molecule has 6 heteroatoms. The van der Waals surface area contributed by atoms with Gasteiger partial charge in [0.05, 0.1) is 5.02 Å². The fraction of sp³-hybridized carbons (Fsp3) is 0.538. The van der Waals surface area contributed by atoms with E-state index in [1.165, 1.54) is 12.1 Å². The van der Waals surface area contributed by atoms with Gasteiger partial charge < -0.3 is 5.32 Å². The van der Waals surface area contributed by atoms with Gasteiger partial charge in [-0.05, 0) is 31.5 Å². The first-order valence-corrected chi connectivity index (χ1v) is 7.11. The van der Waals surface area contributed by atoms with Gasteiger partial charge >= 0.3 is 0 Å². The van der Waals surface area contributed by atoms with Gasteiger partial charge in [-0.15, -0.1) is 0 Å². The smallest absolute Gasteiger partial charge is 0.142 e. The minimum absolute atomic E-state index is 0.0212. The SMILES string of the molecule is CC(NCC1CNNC1C)c1cc(F)c(Cl)cc1Cl. The number of hydrazine groups is 1. The number of hydrogen-bond acceptors (Lipinski definition) is 3. The van der Waals surface area contributed by atoms with Crippen molar-refractivity contribution in [2.24, 2.45) is 5.92 Å². The van der Waals surface area contributed by atoms with E-state index in [-0.39, 0.29) is 11.1 Å². The zero-order valence-electron chi connectivity index (χ0n) is 10.9. The van der Waals surface area contributed by atoms with Crippen molar-refractivity contribution in [3.63, 3.8) is 0 Å². The highest BCUT2D eigenvalue weighted by Crippen LogP contribution is 2.28. The molecule has 3 unspecified atom stereocenters. The van der Waals surface area contributed by atoms with Crippen molar-refractivity contribution in [3.8, 4) is 0 Å². The second-order valence-electron chi connectivity index (χ2n) is 4.99. The molecule has 3 N–H and O–H groups in total. The lowest BCUT2D eigenvalue weighted by atomic mass is 10.0. The van der Waals surface area contributed by atoms with Crippen LogP contribution in [-0.4, -0.2) is 19.1 Å². The van der Waals surface area contributed by atoms with Crippen LogP contribution in [0, 0.1) is 11.7 Å². The summed E-state index contributed by atoms with van der Waals surface area (Å²) in [6, 6.07) is 3.24. The number of nitrogens with one attached hydrogen (secondary N) is 3. The van der Waals surface area contributed by atoms with Crippen LogP contribution in [0.1, 0.15) is 25.5 Å². The van der Waals surface area contributed by atoms with Gasteiger partial charge in [-0.3, -0.25) is 10.9 Å². The van der Waals surface area contributed by atoms with Crippen molar-refractivity contribution in [2.45, 2.75) is 25.9 Å².